The number of aryl methyl sites for hydroxylation is 2. The largest absolute Gasteiger partial charge is 0.380 e. The first-order valence-electron chi connectivity index (χ1n) is 12.5. The monoisotopic (exact) mass is 537 g/mol. The van der Waals surface area contributed by atoms with Crippen molar-refractivity contribution in [3.8, 4) is 0 Å². The molecule has 3 saturated heterocycles. The molecule has 3 fully saturated rings. The van der Waals surface area contributed by atoms with E-state index in [4.69, 9.17) is 16.3 Å². The Morgan fingerprint density at radius 2 is 1.78 bits per heavy atom. The summed E-state index contributed by atoms with van der Waals surface area (Å²) in [4.78, 5) is 29.7. The molecule has 0 unspecified atom stereocenters. The predicted octanol–water partition coefficient (Wildman–Crippen LogP) is 3.80. The number of rotatable bonds is 8. The third-order valence-electron chi connectivity index (χ3n) is 7.32. The van der Waals surface area contributed by atoms with Crippen LogP contribution in [-0.2, 0) is 33.7 Å². The maximum atomic E-state index is 12.9. The fourth-order valence-corrected chi connectivity index (χ4v) is 6.14. The summed E-state index contributed by atoms with van der Waals surface area (Å²) in [5.74, 6) is -0.654. The maximum Gasteiger partial charge on any atom is 0.231 e. The Morgan fingerprint density at radius 1 is 1.05 bits per heavy atom. The third kappa shape index (κ3) is 5.40. The van der Waals surface area contributed by atoms with Gasteiger partial charge in [-0.2, -0.15) is 0 Å². The zero-order valence-electron chi connectivity index (χ0n) is 20.4. The fourth-order valence-electron chi connectivity index (χ4n) is 5.27. The molecule has 4 heterocycles. The molecule has 192 valence electrons. The smallest absolute Gasteiger partial charge is 0.231 e. The number of carbonyl (C=O) groups is 2. The van der Waals surface area contributed by atoms with Gasteiger partial charge in [0.25, 0.3) is 0 Å². The number of anilines is 2. The summed E-state index contributed by atoms with van der Waals surface area (Å²) in [5.41, 5.74) is 3.63. The minimum absolute atomic E-state index is 0.0384. The van der Waals surface area contributed by atoms with E-state index in [1.54, 1.807) is 4.90 Å². The summed E-state index contributed by atoms with van der Waals surface area (Å²) in [5, 5.41) is 13.2. The number of aromatic nitrogens is 2. The lowest BCUT2D eigenvalue weighted by Crippen LogP contribution is -2.65. The molecule has 1 N–H and O–H groups in total. The Bertz CT molecular complexity index is 1280. The van der Waals surface area contributed by atoms with Gasteiger partial charge in [0, 0.05) is 55.1 Å². The predicted molar refractivity (Wildman–Crippen MR) is 143 cm³/mol. The first-order valence-corrected chi connectivity index (χ1v) is 13.7. The van der Waals surface area contributed by atoms with E-state index in [2.05, 4.69) is 32.5 Å². The standard InChI is InChI=1S/C27H28ClN5O3S/c28-21-6-1-18(2-7-21)5-10-23-30-31-26(37-23)29-25(35)20-11-24(34)33(13-20)22-8-3-19(4-9-22)12-32-14-27(15-32)16-36-17-27/h1-4,6-9,20H,5,10-17H2,(H,29,31,35)/t20-/m0/s1. The molecule has 2 aromatic carbocycles. The zero-order valence-corrected chi connectivity index (χ0v) is 21.9. The van der Waals surface area contributed by atoms with Crippen LogP contribution < -0.4 is 10.2 Å². The number of halogens is 1. The summed E-state index contributed by atoms with van der Waals surface area (Å²) in [6.07, 6.45) is 1.74. The molecule has 0 radical (unpaired) electrons. The number of nitrogens with one attached hydrogen (secondary N) is 1. The molecule has 37 heavy (non-hydrogen) atoms. The lowest BCUT2D eigenvalue weighted by atomic mass is 9.78. The summed E-state index contributed by atoms with van der Waals surface area (Å²) < 4.78 is 5.35. The molecule has 3 aliphatic heterocycles. The average Bonchev–Trinajstić information content (AvgIpc) is 3.46. The lowest BCUT2D eigenvalue weighted by Gasteiger charge is -2.55. The molecular formula is C27H28ClN5O3S. The van der Waals surface area contributed by atoms with Crippen molar-refractivity contribution < 1.29 is 14.3 Å². The molecular weight excluding hydrogens is 510 g/mol. The normalized spacial score (nSPS) is 20.6. The van der Waals surface area contributed by atoms with E-state index in [0.29, 0.717) is 22.1 Å². The molecule has 2 amide bonds. The number of amides is 2. The molecule has 0 saturated carbocycles. The van der Waals surface area contributed by atoms with Gasteiger partial charge in [-0.05, 0) is 41.8 Å². The van der Waals surface area contributed by atoms with Gasteiger partial charge in [-0.1, -0.05) is 47.2 Å². The van der Waals surface area contributed by atoms with E-state index in [1.165, 1.54) is 22.5 Å². The van der Waals surface area contributed by atoms with Gasteiger partial charge >= 0.3 is 0 Å². The van der Waals surface area contributed by atoms with Crippen molar-refractivity contribution in [2.45, 2.75) is 25.8 Å². The second kappa shape index (κ2) is 10.1. The number of likely N-dealkylation sites (tertiary alicyclic amines) is 1. The minimum Gasteiger partial charge on any atom is -0.380 e. The molecule has 1 spiro atoms. The van der Waals surface area contributed by atoms with Crippen molar-refractivity contribution in [3.63, 3.8) is 0 Å². The van der Waals surface area contributed by atoms with Crippen LogP contribution >= 0.6 is 22.9 Å². The molecule has 3 aromatic rings. The summed E-state index contributed by atoms with van der Waals surface area (Å²) in [6.45, 7) is 5.23. The Hall–Kier alpha value is -2.85. The van der Waals surface area contributed by atoms with Crippen LogP contribution in [0.4, 0.5) is 10.8 Å². The van der Waals surface area contributed by atoms with Gasteiger partial charge in [-0.3, -0.25) is 14.5 Å². The first-order chi connectivity index (χ1) is 17.9. The van der Waals surface area contributed by atoms with E-state index < -0.39 is 5.92 Å². The van der Waals surface area contributed by atoms with Gasteiger partial charge in [-0.25, -0.2) is 0 Å². The van der Waals surface area contributed by atoms with Crippen LogP contribution in [0.1, 0.15) is 22.6 Å². The lowest BCUT2D eigenvalue weighted by molar-refractivity contribution is -0.191. The van der Waals surface area contributed by atoms with Gasteiger partial charge < -0.3 is 15.0 Å². The summed E-state index contributed by atoms with van der Waals surface area (Å²) in [6, 6.07) is 15.8. The van der Waals surface area contributed by atoms with Gasteiger partial charge in [0.15, 0.2) is 0 Å². The number of hydrogen-bond donors (Lipinski definition) is 1. The van der Waals surface area contributed by atoms with Gasteiger partial charge in [0.2, 0.25) is 16.9 Å². The highest BCUT2D eigenvalue weighted by atomic mass is 35.5. The molecule has 10 heteroatoms. The van der Waals surface area contributed by atoms with E-state index in [0.717, 1.165) is 56.4 Å². The zero-order chi connectivity index (χ0) is 25.4. The molecule has 1 aromatic heterocycles. The second-order valence-electron chi connectivity index (χ2n) is 10.3. The highest BCUT2D eigenvalue weighted by molar-refractivity contribution is 7.15. The fraction of sp³-hybridized carbons (Fsp3) is 0.407. The van der Waals surface area contributed by atoms with Crippen molar-refractivity contribution in [2.75, 3.05) is 43.1 Å². The van der Waals surface area contributed by atoms with Crippen LogP contribution in [-0.4, -0.2) is 59.8 Å². The van der Waals surface area contributed by atoms with Crippen LogP contribution in [0.3, 0.4) is 0 Å². The Labute approximate surface area is 224 Å². The first kappa shape index (κ1) is 24.5. The third-order valence-corrected chi connectivity index (χ3v) is 8.47. The molecule has 6 rings (SSSR count). The summed E-state index contributed by atoms with van der Waals surface area (Å²) >= 11 is 7.31. The number of ether oxygens (including phenoxy) is 1. The van der Waals surface area contributed by atoms with Crippen LogP contribution in [0.5, 0.6) is 0 Å². The quantitative estimate of drug-likeness (QED) is 0.470. The van der Waals surface area contributed by atoms with E-state index in [-0.39, 0.29) is 18.2 Å². The Kier molecular flexibility index (Phi) is 6.71. The highest BCUT2D eigenvalue weighted by Gasteiger charge is 2.48. The maximum absolute atomic E-state index is 12.9. The average molecular weight is 538 g/mol. The number of carbonyl (C=O) groups excluding carboxylic acids is 2. The van der Waals surface area contributed by atoms with Crippen molar-refractivity contribution in [1.82, 2.24) is 15.1 Å². The van der Waals surface area contributed by atoms with Crippen molar-refractivity contribution in [1.29, 1.82) is 0 Å². The van der Waals surface area contributed by atoms with E-state index >= 15 is 0 Å². The molecule has 0 bridgehead atoms. The number of benzene rings is 2. The summed E-state index contributed by atoms with van der Waals surface area (Å²) in [7, 11) is 0. The van der Waals surface area contributed by atoms with Gasteiger partial charge in [-0.15, -0.1) is 10.2 Å². The topological polar surface area (TPSA) is 87.7 Å². The molecule has 8 nitrogen and oxygen atoms in total. The van der Waals surface area contributed by atoms with Crippen molar-refractivity contribution in [3.05, 3.63) is 69.7 Å². The number of nitrogens with zero attached hydrogens (tertiary/aromatic N) is 4. The van der Waals surface area contributed by atoms with Gasteiger partial charge in [0.05, 0.1) is 19.1 Å². The Balaban J connectivity index is 0.992. The number of hydrogen-bond acceptors (Lipinski definition) is 7. The van der Waals surface area contributed by atoms with Crippen LogP contribution in [0.25, 0.3) is 0 Å². The van der Waals surface area contributed by atoms with Crippen molar-refractivity contribution >= 4 is 45.6 Å². The van der Waals surface area contributed by atoms with E-state index in [9.17, 15) is 9.59 Å². The molecule has 1 atom stereocenters. The van der Waals surface area contributed by atoms with E-state index in [1.807, 2.05) is 36.4 Å². The minimum atomic E-state index is -0.421. The van der Waals surface area contributed by atoms with Crippen LogP contribution in [0.2, 0.25) is 5.02 Å². The second-order valence-corrected chi connectivity index (χ2v) is 11.8. The van der Waals surface area contributed by atoms with Crippen molar-refractivity contribution in [2.24, 2.45) is 11.3 Å². The Morgan fingerprint density at radius 3 is 2.49 bits per heavy atom. The molecule has 3 aliphatic rings. The molecule has 0 aliphatic carbocycles. The van der Waals surface area contributed by atoms with Crippen LogP contribution in [0, 0.1) is 11.3 Å². The van der Waals surface area contributed by atoms with Gasteiger partial charge in [0.1, 0.15) is 5.01 Å². The SMILES string of the molecule is O=C(Nc1nnc(CCc2ccc(Cl)cc2)s1)[C@H]1CC(=O)N(c2ccc(CN3CC4(COC4)C3)cc2)C1. The highest BCUT2D eigenvalue weighted by Crippen LogP contribution is 2.38. The van der Waals surface area contributed by atoms with Crippen LogP contribution in [0.15, 0.2) is 48.5 Å².